The standard InChI is InChI=1S/C21H16N2OS/c1-3-7-17(8-4-1)18-13-11-16(12-14-18)15-25-21-23-22-20(24-21)19-9-5-2-6-10-19/h1-14H,15H2. The third kappa shape index (κ3) is 3.80. The Morgan fingerprint density at radius 3 is 1.92 bits per heavy atom. The fraction of sp³-hybridized carbons (Fsp3) is 0.0476. The Morgan fingerprint density at radius 1 is 0.640 bits per heavy atom. The third-order valence-electron chi connectivity index (χ3n) is 3.85. The second kappa shape index (κ2) is 7.36. The molecule has 3 aromatic carbocycles. The smallest absolute Gasteiger partial charge is 0.277 e. The summed E-state index contributed by atoms with van der Waals surface area (Å²) in [5, 5.41) is 8.82. The normalized spacial score (nSPS) is 10.7. The van der Waals surface area contributed by atoms with E-state index < -0.39 is 0 Å². The highest BCUT2D eigenvalue weighted by atomic mass is 32.2. The minimum Gasteiger partial charge on any atom is -0.411 e. The minimum absolute atomic E-state index is 0.558. The van der Waals surface area contributed by atoms with Crippen molar-refractivity contribution in [1.29, 1.82) is 0 Å². The van der Waals surface area contributed by atoms with Gasteiger partial charge in [0.1, 0.15) is 0 Å². The molecule has 0 fully saturated rings. The van der Waals surface area contributed by atoms with Crippen molar-refractivity contribution in [3.8, 4) is 22.6 Å². The summed E-state index contributed by atoms with van der Waals surface area (Å²) in [6.07, 6.45) is 0. The van der Waals surface area contributed by atoms with Crippen molar-refractivity contribution in [2.75, 3.05) is 0 Å². The van der Waals surface area contributed by atoms with Crippen molar-refractivity contribution in [3.63, 3.8) is 0 Å². The Balaban J connectivity index is 1.41. The lowest BCUT2D eigenvalue weighted by Crippen LogP contribution is -1.82. The molecule has 0 saturated heterocycles. The summed E-state index contributed by atoms with van der Waals surface area (Å²) in [5.74, 6) is 1.36. The maximum absolute atomic E-state index is 5.73. The number of hydrogen-bond acceptors (Lipinski definition) is 4. The number of benzene rings is 3. The molecule has 3 nitrogen and oxygen atoms in total. The molecule has 0 N–H and O–H groups in total. The minimum atomic E-state index is 0.558. The van der Waals surface area contributed by atoms with E-state index in [1.54, 1.807) is 11.8 Å². The highest BCUT2D eigenvalue weighted by Crippen LogP contribution is 2.26. The molecule has 4 aromatic rings. The highest BCUT2D eigenvalue weighted by molar-refractivity contribution is 7.98. The van der Waals surface area contributed by atoms with Gasteiger partial charge in [-0.1, -0.05) is 84.6 Å². The predicted octanol–water partition coefficient (Wildman–Crippen LogP) is 5.70. The quantitative estimate of drug-likeness (QED) is 0.436. The lowest BCUT2D eigenvalue weighted by molar-refractivity contribution is 0.466. The van der Waals surface area contributed by atoms with E-state index in [0.717, 1.165) is 11.3 Å². The van der Waals surface area contributed by atoms with Crippen LogP contribution in [0.15, 0.2) is 94.6 Å². The monoisotopic (exact) mass is 344 g/mol. The van der Waals surface area contributed by atoms with E-state index in [2.05, 4.69) is 58.7 Å². The van der Waals surface area contributed by atoms with Crippen LogP contribution in [0.5, 0.6) is 0 Å². The van der Waals surface area contributed by atoms with Gasteiger partial charge in [0.2, 0.25) is 5.89 Å². The van der Waals surface area contributed by atoms with Crippen molar-refractivity contribution < 1.29 is 4.42 Å². The van der Waals surface area contributed by atoms with Crippen LogP contribution in [0.25, 0.3) is 22.6 Å². The molecule has 0 aliphatic rings. The Labute approximate surface area is 150 Å². The molecule has 0 atom stereocenters. The van der Waals surface area contributed by atoms with Crippen LogP contribution in [0, 0.1) is 0 Å². The van der Waals surface area contributed by atoms with Gasteiger partial charge in [-0.25, -0.2) is 0 Å². The Kier molecular flexibility index (Phi) is 4.61. The molecular formula is C21H16N2OS. The Hall–Kier alpha value is -2.85. The number of hydrogen-bond donors (Lipinski definition) is 0. The zero-order valence-electron chi connectivity index (χ0n) is 13.5. The SMILES string of the molecule is c1ccc(-c2ccc(CSc3nnc(-c4ccccc4)o3)cc2)cc1. The van der Waals surface area contributed by atoms with Crippen molar-refractivity contribution >= 4 is 11.8 Å². The highest BCUT2D eigenvalue weighted by Gasteiger charge is 2.08. The first kappa shape index (κ1) is 15.7. The molecule has 122 valence electrons. The predicted molar refractivity (Wildman–Crippen MR) is 101 cm³/mol. The fourth-order valence-corrected chi connectivity index (χ4v) is 3.25. The van der Waals surface area contributed by atoms with Crippen LogP contribution >= 0.6 is 11.8 Å². The van der Waals surface area contributed by atoms with E-state index in [9.17, 15) is 0 Å². The number of nitrogens with zero attached hydrogens (tertiary/aromatic N) is 2. The molecule has 4 rings (SSSR count). The molecule has 0 unspecified atom stereocenters. The average molecular weight is 344 g/mol. The maximum Gasteiger partial charge on any atom is 0.277 e. The molecule has 25 heavy (non-hydrogen) atoms. The maximum atomic E-state index is 5.73. The lowest BCUT2D eigenvalue weighted by atomic mass is 10.0. The number of thioether (sulfide) groups is 1. The summed E-state index contributed by atoms with van der Waals surface area (Å²) in [4.78, 5) is 0. The zero-order valence-corrected chi connectivity index (χ0v) is 14.3. The Bertz CT molecular complexity index is 935. The van der Waals surface area contributed by atoms with Crippen LogP contribution in [0.3, 0.4) is 0 Å². The van der Waals surface area contributed by atoms with Gasteiger partial charge < -0.3 is 4.42 Å². The topological polar surface area (TPSA) is 38.9 Å². The number of aromatic nitrogens is 2. The van der Waals surface area contributed by atoms with Gasteiger partial charge in [-0.2, -0.15) is 0 Å². The second-order valence-corrected chi connectivity index (χ2v) is 6.52. The van der Waals surface area contributed by atoms with Gasteiger partial charge in [-0.05, 0) is 28.8 Å². The van der Waals surface area contributed by atoms with Crippen molar-refractivity contribution in [1.82, 2.24) is 10.2 Å². The molecule has 0 saturated carbocycles. The van der Waals surface area contributed by atoms with E-state index in [0.29, 0.717) is 11.1 Å². The van der Waals surface area contributed by atoms with Crippen LogP contribution in [-0.4, -0.2) is 10.2 Å². The molecular weight excluding hydrogens is 328 g/mol. The molecule has 4 heteroatoms. The van der Waals surface area contributed by atoms with Gasteiger partial charge in [0.25, 0.3) is 5.22 Å². The van der Waals surface area contributed by atoms with Gasteiger partial charge in [0.15, 0.2) is 0 Å². The summed E-state index contributed by atoms with van der Waals surface area (Å²) in [6, 6.07) is 28.8. The summed E-state index contributed by atoms with van der Waals surface area (Å²) in [5.41, 5.74) is 4.61. The first-order valence-corrected chi connectivity index (χ1v) is 9.03. The van der Waals surface area contributed by atoms with Crippen LogP contribution in [-0.2, 0) is 5.75 Å². The molecule has 0 bridgehead atoms. The van der Waals surface area contributed by atoms with Gasteiger partial charge >= 0.3 is 0 Å². The fourth-order valence-electron chi connectivity index (χ4n) is 2.53. The van der Waals surface area contributed by atoms with E-state index in [4.69, 9.17) is 4.42 Å². The number of rotatable bonds is 5. The zero-order chi connectivity index (χ0) is 16.9. The molecule has 0 aliphatic carbocycles. The van der Waals surface area contributed by atoms with E-state index >= 15 is 0 Å². The third-order valence-corrected chi connectivity index (χ3v) is 4.74. The summed E-state index contributed by atoms with van der Waals surface area (Å²) >= 11 is 1.55. The van der Waals surface area contributed by atoms with Gasteiger partial charge in [0.05, 0.1) is 0 Å². The van der Waals surface area contributed by atoms with Crippen molar-refractivity contribution in [3.05, 3.63) is 90.5 Å². The van der Waals surface area contributed by atoms with Gasteiger partial charge in [-0.15, -0.1) is 10.2 Å². The van der Waals surface area contributed by atoms with Crippen LogP contribution in [0.1, 0.15) is 5.56 Å². The van der Waals surface area contributed by atoms with Crippen LogP contribution in [0.4, 0.5) is 0 Å². The lowest BCUT2D eigenvalue weighted by Gasteiger charge is -2.03. The van der Waals surface area contributed by atoms with Gasteiger partial charge in [-0.3, -0.25) is 0 Å². The first-order chi connectivity index (χ1) is 12.4. The van der Waals surface area contributed by atoms with E-state index in [1.807, 2.05) is 36.4 Å². The first-order valence-electron chi connectivity index (χ1n) is 8.04. The van der Waals surface area contributed by atoms with E-state index in [-0.39, 0.29) is 0 Å². The molecule has 0 aliphatic heterocycles. The molecule has 0 amide bonds. The second-order valence-electron chi connectivity index (χ2n) is 5.59. The van der Waals surface area contributed by atoms with Crippen molar-refractivity contribution in [2.24, 2.45) is 0 Å². The molecule has 1 heterocycles. The Morgan fingerprint density at radius 2 is 1.24 bits per heavy atom. The summed E-state index contributed by atoms with van der Waals surface area (Å²) < 4.78 is 5.73. The van der Waals surface area contributed by atoms with Crippen molar-refractivity contribution in [2.45, 2.75) is 11.0 Å². The summed E-state index contributed by atoms with van der Waals surface area (Å²) in [6.45, 7) is 0. The van der Waals surface area contributed by atoms with E-state index in [1.165, 1.54) is 16.7 Å². The van der Waals surface area contributed by atoms with Crippen LogP contribution < -0.4 is 0 Å². The molecule has 0 radical (unpaired) electrons. The molecule has 1 aromatic heterocycles. The largest absolute Gasteiger partial charge is 0.411 e. The van der Waals surface area contributed by atoms with Crippen LogP contribution in [0.2, 0.25) is 0 Å². The van der Waals surface area contributed by atoms with Gasteiger partial charge in [0, 0.05) is 11.3 Å². The average Bonchev–Trinajstić information content (AvgIpc) is 3.17. The summed E-state index contributed by atoms with van der Waals surface area (Å²) in [7, 11) is 0. The molecule has 0 spiro atoms.